The summed E-state index contributed by atoms with van der Waals surface area (Å²) in [4.78, 5) is 13.6. The van der Waals surface area contributed by atoms with Crippen molar-refractivity contribution in [3.8, 4) is 0 Å². The number of benzene rings is 2. The maximum Gasteiger partial charge on any atom is 0.255 e. The highest BCUT2D eigenvalue weighted by molar-refractivity contribution is 6.04. The molecule has 0 heterocycles. The van der Waals surface area contributed by atoms with Crippen LogP contribution in [0.1, 0.15) is 27.0 Å². The van der Waals surface area contributed by atoms with Crippen LogP contribution in [0, 0.1) is 13.8 Å². The van der Waals surface area contributed by atoms with E-state index in [1.165, 1.54) is 21.6 Å². The number of amides is 1. The van der Waals surface area contributed by atoms with Gasteiger partial charge < -0.3 is 10.2 Å². The lowest BCUT2D eigenvalue weighted by Crippen LogP contribution is -3.04. The Kier molecular flexibility index (Phi) is 4.76. The summed E-state index contributed by atoms with van der Waals surface area (Å²) in [5, 5.41) is 2.94. The number of carbonyl (C=O) groups excluding carboxylic acids is 1. The van der Waals surface area contributed by atoms with E-state index in [0.29, 0.717) is 5.56 Å². The molecule has 0 atom stereocenters. The van der Waals surface area contributed by atoms with Gasteiger partial charge in [0.1, 0.15) is 6.54 Å². The molecule has 0 unspecified atom stereocenters. The fourth-order valence-electron chi connectivity index (χ4n) is 2.20. The first-order chi connectivity index (χ1) is 9.95. The minimum absolute atomic E-state index is 0.0676. The normalized spacial score (nSPS) is 10.7. The second kappa shape index (κ2) is 6.55. The van der Waals surface area contributed by atoms with E-state index in [-0.39, 0.29) is 5.91 Å². The highest BCUT2D eigenvalue weighted by atomic mass is 16.1. The molecule has 2 N–H and O–H groups in total. The summed E-state index contributed by atoms with van der Waals surface area (Å²) < 4.78 is 0. The van der Waals surface area contributed by atoms with E-state index >= 15 is 0 Å². The molecule has 0 spiro atoms. The van der Waals surface area contributed by atoms with Crippen LogP contribution in [0.2, 0.25) is 0 Å². The standard InChI is InChI=1S/C18H22N2O/c1-13-5-10-17(11-14(13)2)19-18(21)16-8-6-15(7-9-16)12-20(3)4/h5-11H,12H2,1-4H3,(H,19,21)/p+1. The van der Waals surface area contributed by atoms with Gasteiger partial charge in [-0.3, -0.25) is 4.79 Å². The highest BCUT2D eigenvalue weighted by Crippen LogP contribution is 2.15. The third-order valence-corrected chi connectivity index (χ3v) is 3.54. The lowest BCUT2D eigenvalue weighted by molar-refractivity contribution is -0.872. The Morgan fingerprint density at radius 2 is 1.67 bits per heavy atom. The maximum absolute atomic E-state index is 12.2. The first-order valence-corrected chi connectivity index (χ1v) is 7.22. The van der Waals surface area contributed by atoms with Crippen LogP contribution in [-0.4, -0.2) is 20.0 Å². The third kappa shape index (κ3) is 4.17. The molecule has 0 saturated carbocycles. The Morgan fingerprint density at radius 3 is 2.24 bits per heavy atom. The van der Waals surface area contributed by atoms with Gasteiger partial charge in [-0.25, -0.2) is 0 Å². The second-order valence-corrected chi connectivity index (χ2v) is 5.83. The number of hydrogen-bond acceptors (Lipinski definition) is 1. The summed E-state index contributed by atoms with van der Waals surface area (Å²) in [6.07, 6.45) is 0. The van der Waals surface area contributed by atoms with Crippen LogP contribution in [0.25, 0.3) is 0 Å². The second-order valence-electron chi connectivity index (χ2n) is 5.83. The molecule has 0 fully saturated rings. The maximum atomic E-state index is 12.2. The molecule has 2 aromatic carbocycles. The molecule has 0 saturated heterocycles. The van der Waals surface area contributed by atoms with Crippen molar-refractivity contribution < 1.29 is 9.69 Å². The average molecular weight is 283 g/mol. The van der Waals surface area contributed by atoms with Gasteiger partial charge in [-0.05, 0) is 49.2 Å². The summed E-state index contributed by atoms with van der Waals surface area (Å²) in [7, 11) is 4.22. The lowest BCUT2D eigenvalue weighted by Gasteiger charge is -2.09. The van der Waals surface area contributed by atoms with Crippen molar-refractivity contribution in [1.82, 2.24) is 0 Å². The van der Waals surface area contributed by atoms with Crippen LogP contribution in [-0.2, 0) is 6.54 Å². The van der Waals surface area contributed by atoms with Crippen LogP contribution >= 0.6 is 0 Å². The quantitative estimate of drug-likeness (QED) is 0.886. The largest absolute Gasteiger partial charge is 0.336 e. The van der Waals surface area contributed by atoms with E-state index < -0.39 is 0 Å². The highest BCUT2D eigenvalue weighted by Gasteiger charge is 2.07. The van der Waals surface area contributed by atoms with Crippen molar-refractivity contribution in [2.45, 2.75) is 20.4 Å². The van der Waals surface area contributed by atoms with Crippen molar-refractivity contribution in [3.05, 3.63) is 64.7 Å². The molecule has 0 aromatic heterocycles. The zero-order valence-electron chi connectivity index (χ0n) is 13.2. The Bertz CT molecular complexity index is 630. The van der Waals surface area contributed by atoms with Crippen LogP contribution in [0.4, 0.5) is 5.69 Å². The minimum Gasteiger partial charge on any atom is -0.336 e. The fraction of sp³-hybridized carbons (Fsp3) is 0.278. The van der Waals surface area contributed by atoms with E-state index in [9.17, 15) is 4.79 Å². The van der Waals surface area contributed by atoms with Gasteiger partial charge in [0.25, 0.3) is 5.91 Å². The molecular weight excluding hydrogens is 260 g/mol. The zero-order valence-corrected chi connectivity index (χ0v) is 13.2. The van der Waals surface area contributed by atoms with Gasteiger partial charge in [0.05, 0.1) is 14.1 Å². The van der Waals surface area contributed by atoms with Gasteiger partial charge in [-0.1, -0.05) is 18.2 Å². The molecule has 2 aromatic rings. The van der Waals surface area contributed by atoms with Crippen LogP contribution in [0.15, 0.2) is 42.5 Å². The molecular formula is C18H23N2O+. The lowest BCUT2D eigenvalue weighted by atomic mass is 10.1. The number of nitrogens with one attached hydrogen (secondary N) is 2. The SMILES string of the molecule is Cc1ccc(NC(=O)c2ccc(C[NH+](C)C)cc2)cc1C. The molecule has 21 heavy (non-hydrogen) atoms. The monoisotopic (exact) mass is 283 g/mol. The minimum atomic E-state index is -0.0676. The van der Waals surface area contributed by atoms with Crippen molar-refractivity contribution >= 4 is 11.6 Å². The topological polar surface area (TPSA) is 33.5 Å². The summed E-state index contributed by atoms with van der Waals surface area (Å²) in [5.74, 6) is -0.0676. The zero-order chi connectivity index (χ0) is 15.4. The molecule has 3 nitrogen and oxygen atoms in total. The smallest absolute Gasteiger partial charge is 0.255 e. The summed E-state index contributed by atoms with van der Waals surface area (Å²) >= 11 is 0. The van der Waals surface area contributed by atoms with Gasteiger partial charge >= 0.3 is 0 Å². The van der Waals surface area contributed by atoms with Gasteiger partial charge in [-0.15, -0.1) is 0 Å². The van der Waals surface area contributed by atoms with E-state index in [0.717, 1.165) is 12.2 Å². The Morgan fingerprint density at radius 1 is 1.00 bits per heavy atom. The van der Waals surface area contributed by atoms with Crippen LogP contribution < -0.4 is 10.2 Å². The first-order valence-electron chi connectivity index (χ1n) is 7.22. The summed E-state index contributed by atoms with van der Waals surface area (Å²) in [6, 6.07) is 13.8. The van der Waals surface area contributed by atoms with Gasteiger partial charge in [0.15, 0.2) is 0 Å². The number of quaternary nitrogens is 1. The summed E-state index contributed by atoms with van der Waals surface area (Å²) in [6.45, 7) is 5.06. The number of rotatable bonds is 4. The molecule has 0 radical (unpaired) electrons. The fourth-order valence-corrected chi connectivity index (χ4v) is 2.20. The molecule has 0 aliphatic heterocycles. The van der Waals surface area contributed by atoms with Crippen LogP contribution in [0.5, 0.6) is 0 Å². The Hall–Kier alpha value is -2.13. The predicted molar refractivity (Wildman–Crippen MR) is 86.8 cm³/mol. The van der Waals surface area contributed by atoms with Gasteiger partial charge in [0, 0.05) is 16.8 Å². The molecule has 2 rings (SSSR count). The Labute approximate surface area is 126 Å². The first kappa shape index (κ1) is 15.3. The van der Waals surface area contributed by atoms with E-state index in [1.54, 1.807) is 0 Å². The molecule has 1 amide bonds. The number of hydrogen-bond donors (Lipinski definition) is 2. The van der Waals surface area contributed by atoms with Crippen molar-refractivity contribution in [2.75, 3.05) is 19.4 Å². The van der Waals surface area contributed by atoms with Crippen molar-refractivity contribution in [1.29, 1.82) is 0 Å². The molecule has 0 aliphatic carbocycles. The Balaban J connectivity index is 2.07. The van der Waals surface area contributed by atoms with E-state index in [4.69, 9.17) is 0 Å². The van der Waals surface area contributed by atoms with E-state index in [1.807, 2.05) is 49.4 Å². The van der Waals surface area contributed by atoms with E-state index in [2.05, 4.69) is 26.3 Å². The van der Waals surface area contributed by atoms with Crippen LogP contribution in [0.3, 0.4) is 0 Å². The molecule has 110 valence electrons. The molecule has 0 bridgehead atoms. The van der Waals surface area contributed by atoms with Crippen molar-refractivity contribution in [3.63, 3.8) is 0 Å². The predicted octanol–water partition coefficient (Wildman–Crippen LogP) is 2.20. The van der Waals surface area contributed by atoms with Crippen molar-refractivity contribution in [2.24, 2.45) is 0 Å². The molecule has 3 heteroatoms. The summed E-state index contributed by atoms with van der Waals surface area (Å²) in [5.41, 5.74) is 5.16. The van der Waals surface area contributed by atoms with Gasteiger partial charge in [0.2, 0.25) is 0 Å². The number of aryl methyl sites for hydroxylation is 2. The average Bonchev–Trinajstić information content (AvgIpc) is 2.43. The van der Waals surface area contributed by atoms with Gasteiger partial charge in [-0.2, -0.15) is 0 Å². The number of anilines is 1. The third-order valence-electron chi connectivity index (χ3n) is 3.54. The molecule has 0 aliphatic rings. The number of carbonyl (C=O) groups is 1.